The van der Waals surface area contributed by atoms with Crippen LogP contribution in [0.25, 0.3) is 11.2 Å². The van der Waals surface area contributed by atoms with Gasteiger partial charge >= 0.3 is 0 Å². The van der Waals surface area contributed by atoms with Crippen LogP contribution in [0.15, 0.2) is 18.5 Å². The second-order valence-electron chi connectivity index (χ2n) is 4.46. The van der Waals surface area contributed by atoms with E-state index in [9.17, 15) is 4.79 Å². The number of hydrogen-bond acceptors (Lipinski definition) is 4. The Hall–Kier alpha value is -1.95. The number of hydrogen-bond donors (Lipinski definition) is 2. The number of nitrogens with zero attached hydrogens (tertiary/aromatic N) is 3. The van der Waals surface area contributed by atoms with Crippen molar-refractivity contribution >= 4 is 34.6 Å². The highest BCUT2D eigenvalue weighted by Gasteiger charge is 2.16. The molecule has 1 unspecified atom stereocenters. The van der Waals surface area contributed by atoms with E-state index in [1.807, 2.05) is 0 Å². The predicted octanol–water partition coefficient (Wildman–Crippen LogP) is 2.30. The van der Waals surface area contributed by atoms with E-state index in [0.717, 1.165) is 12.8 Å². The van der Waals surface area contributed by atoms with Gasteiger partial charge in [0.15, 0.2) is 10.8 Å². The number of H-pyrrole nitrogens is 1. The van der Waals surface area contributed by atoms with Crippen molar-refractivity contribution in [2.75, 3.05) is 5.32 Å². The van der Waals surface area contributed by atoms with Gasteiger partial charge in [-0.2, -0.15) is 9.97 Å². The van der Waals surface area contributed by atoms with Gasteiger partial charge < -0.3 is 4.98 Å². The standard InChI is InChI=1S/C12H12ClN5O/c13-10-9-11(15-6-14-9)18-12(17-10)16-8(19)5-7-3-1-2-4-7/h1,3,6-7H,2,4-5H2,(H2,14,15,16,17,18,19). The number of fused-ring (bicyclic) bond motifs is 1. The second kappa shape index (κ2) is 4.97. The SMILES string of the molecule is O=C(CC1C=CCC1)Nc1nc(Cl)c2[nH]cnc2n1. The predicted molar refractivity (Wildman–Crippen MR) is 71.8 cm³/mol. The minimum absolute atomic E-state index is 0.109. The van der Waals surface area contributed by atoms with Crippen LogP contribution in [0.5, 0.6) is 0 Å². The van der Waals surface area contributed by atoms with Crippen molar-refractivity contribution in [3.8, 4) is 0 Å². The highest BCUT2D eigenvalue weighted by atomic mass is 35.5. The number of aromatic amines is 1. The minimum atomic E-state index is -0.109. The number of halogens is 1. The highest BCUT2D eigenvalue weighted by molar-refractivity contribution is 6.33. The van der Waals surface area contributed by atoms with Crippen molar-refractivity contribution in [1.82, 2.24) is 19.9 Å². The summed E-state index contributed by atoms with van der Waals surface area (Å²) in [5.74, 6) is 0.392. The van der Waals surface area contributed by atoms with Crippen LogP contribution in [0, 0.1) is 5.92 Å². The Labute approximate surface area is 114 Å². The van der Waals surface area contributed by atoms with Gasteiger partial charge in [-0.3, -0.25) is 10.1 Å². The molecule has 7 heteroatoms. The zero-order chi connectivity index (χ0) is 13.2. The molecule has 0 spiro atoms. The molecule has 2 heterocycles. The molecular weight excluding hydrogens is 266 g/mol. The molecule has 0 aliphatic heterocycles. The van der Waals surface area contributed by atoms with E-state index in [0.29, 0.717) is 23.5 Å². The van der Waals surface area contributed by atoms with Crippen molar-refractivity contribution in [1.29, 1.82) is 0 Å². The first-order chi connectivity index (χ1) is 9.22. The maximum absolute atomic E-state index is 11.9. The van der Waals surface area contributed by atoms with Crippen LogP contribution in [0.1, 0.15) is 19.3 Å². The van der Waals surface area contributed by atoms with Crippen molar-refractivity contribution in [3.63, 3.8) is 0 Å². The fourth-order valence-corrected chi connectivity index (χ4v) is 2.35. The number of amides is 1. The number of nitrogens with one attached hydrogen (secondary N) is 2. The van der Waals surface area contributed by atoms with Crippen molar-refractivity contribution in [3.05, 3.63) is 23.6 Å². The van der Waals surface area contributed by atoms with Gasteiger partial charge in [0.1, 0.15) is 5.52 Å². The van der Waals surface area contributed by atoms with Crippen molar-refractivity contribution in [2.45, 2.75) is 19.3 Å². The van der Waals surface area contributed by atoms with E-state index in [1.165, 1.54) is 6.33 Å². The molecule has 0 aromatic carbocycles. The van der Waals surface area contributed by atoms with Crippen LogP contribution in [0.3, 0.4) is 0 Å². The average Bonchev–Trinajstić information content (AvgIpc) is 2.99. The van der Waals surface area contributed by atoms with Crippen LogP contribution >= 0.6 is 11.6 Å². The molecular formula is C12H12ClN5O. The molecule has 2 N–H and O–H groups in total. The van der Waals surface area contributed by atoms with Crippen molar-refractivity contribution < 1.29 is 4.79 Å². The number of carbonyl (C=O) groups is 1. The smallest absolute Gasteiger partial charge is 0.233 e. The molecule has 0 saturated carbocycles. The Bertz CT molecular complexity index is 651. The fourth-order valence-electron chi connectivity index (χ4n) is 2.13. The third kappa shape index (κ3) is 2.58. The molecule has 6 nitrogen and oxygen atoms in total. The van der Waals surface area contributed by atoms with Gasteiger partial charge in [-0.25, -0.2) is 4.98 Å². The van der Waals surface area contributed by atoms with E-state index in [-0.39, 0.29) is 17.0 Å². The van der Waals surface area contributed by atoms with Crippen molar-refractivity contribution in [2.24, 2.45) is 5.92 Å². The summed E-state index contributed by atoms with van der Waals surface area (Å²) in [6.45, 7) is 0. The van der Waals surface area contributed by atoms with Gasteiger partial charge in [0.2, 0.25) is 11.9 Å². The van der Waals surface area contributed by atoms with Gasteiger partial charge in [-0.15, -0.1) is 0 Å². The number of rotatable bonds is 3. The maximum atomic E-state index is 11.9. The van der Waals surface area contributed by atoms with Crippen LogP contribution in [-0.2, 0) is 4.79 Å². The average molecular weight is 278 g/mol. The number of anilines is 1. The lowest BCUT2D eigenvalue weighted by molar-refractivity contribution is -0.116. The monoisotopic (exact) mass is 277 g/mol. The lowest BCUT2D eigenvalue weighted by Crippen LogP contribution is -2.16. The van der Waals surface area contributed by atoms with Crippen LogP contribution in [0.4, 0.5) is 5.95 Å². The number of carbonyl (C=O) groups excluding carboxylic acids is 1. The van der Waals surface area contributed by atoms with E-state index >= 15 is 0 Å². The highest BCUT2D eigenvalue weighted by Crippen LogP contribution is 2.21. The number of allylic oxidation sites excluding steroid dienone is 2. The summed E-state index contributed by atoms with van der Waals surface area (Å²) in [5, 5.41) is 2.91. The Morgan fingerprint density at radius 1 is 1.53 bits per heavy atom. The maximum Gasteiger partial charge on any atom is 0.233 e. The Kier molecular flexibility index (Phi) is 3.16. The Balaban J connectivity index is 1.73. The minimum Gasteiger partial charge on any atom is -0.341 e. The molecule has 1 aliphatic rings. The molecule has 0 fully saturated rings. The molecule has 2 aromatic heterocycles. The molecule has 2 aromatic rings. The van der Waals surface area contributed by atoms with Gasteiger partial charge in [0.05, 0.1) is 6.33 Å². The van der Waals surface area contributed by atoms with E-state index in [4.69, 9.17) is 11.6 Å². The largest absolute Gasteiger partial charge is 0.341 e. The fraction of sp³-hybridized carbons (Fsp3) is 0.333. The summed E-state index contributed by atoms with van der Waals surface area (Å²) in [5.41, 5.74) is 1.01. The van der Waals surface area contributed by atoms with Gasteiger partial charge in [0.25, 0.3) is 0 Å². The molecule has 0 bridgehead atoms. The Morgan fingerprint density at radius 2 is 2.42 bits per heavy atom. The molecule has 0 radical (unpaired) electrons. The van der Waals surface area contributed by atoms with Gasteiger partial charge in [0, 0.05) is 6.42 Å². The molecule has 19 heavy (non-hydrogen) atoms. The first-order valence-electron chi connectivity index (χ1n) is 6.05. The summed E-state index contributed by atoms with van der Waals surface area (Å²) in [6, 6.07) is 0. The zero-order valence-corrected chi connectivity index (χ0v) is 10.8. The second-order valence-corrected chi connectivity index (χ2v) is 4.82. The van der Waals surface area contributed by atoms with Gasteiger partial charge in [-0.05, 0) is 18.8 Å². The number of imidazole rings is 1. The molecule has 1 amide bonds. The lowest BCUT2D eigenvalue weighted by Gasteiger charge is -2.07. The molecule has 1 atom stereocenters. The van der Waals surface area contributed by atoms with Crippen LogP contribution in [0.2, 0.25) is 5.15 Å². The summed E-state index contributed by atoms with van der Waals surface area (Å²) in [7, 11) is 0. The summed E-state index contributed by atoms with van der Waals surface area (Å²) >= 11 is 5.97. The van der Waals surface area contributed by atoms with E-state index in [1.54, 1.807) is 0 Å². The summed E-state index contributed by atoms with van der Waals surface area (Å²) < 4.78 is 0. The summed E-state index contributed by atoms with van der Waals surface area (Å²) in [4.78, 5) is 26.8. The van der Waals surface area contributed by atoms with Gasteiger partial charge in [-0.1, -0.05) is 23.8 Å². The van der Waals surface area contributed by atoms with E-state index in [2.05, 4.69) is 37.4 Å². The third-order valence-electron chi connectivity index (χ3n) is 3.05. The first kappa shape index (κ1) is 12.1. The summed E-state index contributed by atoms with van der Waals surface area (Å²) in [6.07, 6.45) is 8.16. The van der Waals surface area contributed by atoms with Crippen LogP contribution in [-0.4, -0.2) is 25.8 Å². The Morgan fingerprint density at radius 3 is 3.21 bits per heavy atom. The van der Waals surface area contributed by atoms with E-state index < -0.39 is 0 Å². The molecule has 3 rings (SSSR count). The third-order valence-corrected chi connectivity index (χ3v) is 3.33. The molecule has 98 valence electrons. The lowest BCUT2D eigenvalue weighted by atomic mass is 10.1. The zero-order valence-electron chi connectivity index (χ0n) is 10.1. The normalized spacial score (nSPS) is 18.1. The first-order valence-corrected chi connectivity index (χ1v) is 6.43. The topological polar surface area (TPSA) is 83.6 Å². The number of aromatic nitrogens is 4. The molecule has 0 saturated heterocycles. The molecule has 1 aliphatic carbocycles. The quantitative estimate of drug-likeness (QED) is 0.666. The van der Waals surface area contributed by atoms with Crippen LogP contribution < -0.4 is 5.32 Å².